The molecule has 0 aliphatic carbocycles. The Labute approximate surface area is 87.1 Å². The van der Waals surface area contributed by atoms with Crippen LogP contribution in [0.2, 0.25) is 0 Å². The first kappa shape index (κ1) is 9.64. The van der Waals surface area contributed by atoms with Gasteiger partial charge in [-0.15, -0.1) is 0 Å². The summed E-state index contributed by atoms with van der Waals surface area (Å²) >= 11 is 0. The van der Waals surface area contributed by atoms with Crippen LogP contribution < -0.4 is 14.4 Å². The predicted octanol–water partition coefficient (Wildman–Crippen LogP) is 1.78. The Morgan fingerprint density at radius 3 is 2.93 bits per heavy atom. The predicted molar refractivity (Wildman–Crippen MR) is 52.8 cm³/mol. The van der Waals surface area contributed by atoms with Crippen molar-refractivity contribution in [2.45, 2.75) is 0 Å². The van der Waals surface area contributed by atoms with Crippen LogP contribution in [-0.4, -0.2) is 19.9 Å². The molecule has 1 aromatic carbocycles. The third kappa shape index (κ3) is 1.68. The fourth-order valence-electron chi connectivity index (χ4n) is 1.30. The van der Waals surface area contributed by atoms with E-state index in [2.05, 4.69) is 11.8 Å². The molecule has 2 rings (SSSR count). The molecule has 0 saturated carbocycles. The van der Waals surface area contributed by atoms with Crippen LogP contribution in [0.3, 0.4) is 0 Å². The van der Waals surface area contributed by atoms with Crippen LogP contribution in [0.1, 0.15) is 0 Å². The lowest BCUT2D eigenvalue weighted by Gasteiger charge is -2.15. The Hall–Kier alpha value is -1.91. The number of benzene rings is 1. The van der Waals surface area contributed by atoms with Crippen LogP contribution in [0, 0.1) is 7.11 Å². The maximum absolute atomic E-state index is 11.2. The van der Waals surface area contributed by atoms with E-state index in [1.807, 2.05) is 0 Å². The number of anilines is 1. The summed E-state index contributed by atoms with van der Waals surface area (Å²) in [6.45, 7) is 0.211. The van der Waals surface area contributed by atoms with Crippen molar-refractivity contribution in [3.63, 3.8) is 0 Å². The van der Waals surface area contributed by atoms with Crippen LogP contribution in [0.25, 0.3) is 0 Å². The number of carbonyl (C=O) groups excluding carboxylic acids is 1. The second-order valence-electron chi connectivity index (χ2n) is 3.01. The number of amides is 1. The minimum Gasteiger partial charge on any atom is -0.454 e. The van der Waals surface area contributed by atoms with E-state index in [-0.39, 0.29) is 6.79 Å². The van der Waals surface area contributed by atoms with Crippen molar-refractivity contribution in [2.75, 3.05) is 18.7 Å². The molecule has 0 bridgehead atoms. The first-order valence-electron chi connectivity index (χ1n) is 4.31. The zero-order valence-electron chi connectivity index (χ0n) is 8.23. The maximum atomic E-state index is 11.2. The summed E-state index contributed by atoms with van der Waals surface area (Å²) in [6.07, 6.45) is -0.533. The number of fused-ring (bicyclic) bond motifs is 1. The third-order valence-electron chi connectivity index (χ3n) is 2.14. The van der Waals surface area contributed by atoms with Gasteiger partial charge in [0.1, 0.15) is 7.11 Å². The van der Waals surface area contributed by atoms with Gasteiger partial charge in [-0.3, -0.25) is 4.90 Å². The smallest absolute Gasteiger partial charge is 0.414 e. The Morgan fingerprint density at radius 2 is 2.20 bits per heavy atom. The number of carbonyl (C=O) groups is 1. The summed E-state index contributed by atoms with van der Waals surface area (Å²) in [5.74, 6) is 1.30. The topological polar surface area (TPSA) is 48.0 Å². The lowest BCUT2D eigenvalue weighted by molar-refractivity contribution is 0.174. The molecule has 5 nitrogen and oxygen atoms in total. The van der Waals surface area contributed by atoms with Crippen molar-refractivity contribution in [1.82, 2.24) is 0 Å². The van der Waals surface area contributed by atoms with Crippen molar-refractivity contribution in [3.8, 4) is 11.5 Å². The molecule has 0 saturated heterocycles. The minimum atomic E-state index is -0.533. The quantitative estimate of drug-likeness (QED) is 0.705. The van der Waals surface area contributed by atoms with E-state index in [0.717, 1.165) is 0 Å². The van der Waals surface area contributed by atoms with E-state index in [9.17, 15) is 4.79 Å². The highest BCUT2D eigenvalue weighted by Crippen LogP contribution is 2.35. The lowest BCUT2D eigenvalue weighted by Crippen LogP contribution is -2.25. The summed E-state index contributed by atoms with van der Waals surface area (Å²) in [4.78, 5) is 12.5. The van der Waals surface area contributed by atoms with Gasteiger partial charge in [0.15, 0.2) is 11.5 Å². The molecular weight excluding hydrogens is 198 g/mol. The molecule has 1 aromatic rings. The lowest BCUT2D eigenvalue weighted by atomic mass is 10.2. The SMILES string of the molecule is [CH2]OC(=O)N(C)c1ccc2c(c1)OCO2. The van der Waals surface area contributed by atoms with Crippen molar-refractivity contribution in [1.29, 1.82) is 0 Å². The number of hydrogen-bond donors (Lipinski definition) is 0. The molecule has 15 heavy (non-hydrogen) atoms. The second kappa shape index (κ2) is 3.68. The van der Waals surface area contributed by atoms with Gasteiger partial charge in [-0.1, -0.05) is 0 Å². The molecule has 0 spiro atoms. The third-order valence-corrected chi connectivity index (χ3v) is 2.14. The van der Waals surface area contributed by atoms with Gasteiger partial charge >= 0.3 is 6.09 Å². The van der Waals surface area contributed by atoms with Crippen LogP contribution in [0.4, 0.5) is 10.5 Å². The molecule has 0 N–H and O–H groups in total. The first-order valence-corrected chi connectivity index (χ1v) is 4.31. The first-order chi connectivity index (χ1) is 7.22. The Bertz CT molecular complexity index is 391. The molecular formula is C10H10NO4. The minimum absolute atomic E-state index is 0.211. The van der Waals surface area contributed by atoms with E-state index in [0.29, 0.717) is 17.2 Å². The molecule has 1 aliphatic heterocycles. The van der Waals surface area contributed by atoms with Crippen LogP contribution in [-0.2, 0) is 4.74 Å². The summed E-state index contributed by atoms with van der Waals surface area (Å²) in [5.41, 5.74) is 0.660. The van der Waals surface area contributed by atoms with E-state index >= 15 is 0 Å². The fourth-order valence-corrected chi connectivity index (χ4v) is 1.30. The highest BCUT2D eigenvalue weighted by Gasteiger charge is 2.17. The van der Waals surface area contributed by atoms with Gasteiger partial charge in [-0.25, -0.2) is 4.79 Å². The molecule has 0 unspecified atom stereocenters. The Morgan fingerprint density at radius 1 is 1.47 bits per heavy atom. The van der Waals surface area contributed by atoms with Gasteiger partial charge in [-0.05, 0) is 12.1 Å². The molecule has 5 heteroatoms. The van der Waals surface area contributed by atoms with Crippen molar-refractivity contribution in [3.05, 3.63) is 25.3 Å². The number of ether oxygens (including phenoxy) is 3. The summed E-state index contributed by atoms with van der Waals surface area (Å²) in [6, 6.07) is 5.19. The van der Waals surface area contributed by atoms with Gasteiger partial charge in [0.25, 0.3) is 0 Å². The zero-order chi connectivity index (χ0) is 10.8. The molecule has 0 fully saturated rings. The Balaban J connectivity index is 2.26. The standard InChI is InChI=1S/C10H10NO4/c1-11(10(12)13-2)7-3-4-8-9(5-7)15-6-14-8/h3-5H,2,6H2,1H3. The number of rotatable bonds is 1. The van der Waals surface area contributed by atoms with Gasteiger partial charge in [0.2, 0.25) is 6.79 Å². The van der Waals surface area contributed by atoms with Crippen LogP contribution in [0.15, 0.2) is 18.2 Å². The van der Waals surface area contributed by atoms with Crippen LogP contribution >= 0.6 is 0 Å². The molecule has 1 aliphatic rings. The summed E-state index contributed by atoms with van der Waals surface area (Å²) in [7, 11) is 4.65. The van der Waals surface area contributed by atoms with Gasteiger partial charge in [-0.2, -0.15) is 0 Å². The van der Waals surface area contributed by atoms with Gasteiger partial charge in [0.05, 0.1) is 5.69 Å². The van der Waals surface area contributed by atoms with Crippen LogP contribution in [0.5, 0.6) is 11.5 Å². The molecule has 1 amide bonds. The number of nitrogens with zero attached hydrogens (tertiary/aromatic N) is 1. The molecule has 1 heterocycles. The summed E-state index contributed by atoms with van der Waals surface area (Å²) < 4.78 is 14.7. The number of hydrogen-bond acceptors (Lipinski definition) is 4. The largest absolute Gasteiger partial charge is 0.454 e. The van der Waals surface area contributed by atoms with E-state index < -0.39 is 6.09 Å². The van der Waals surface area contributed by atoms with Gasteiger partial charge in [0, 0.05) is 13.1 Å². The average Bonchev–Trinajstić information content (AvgIpc) is 2.73. The van der Waals surface area contributed by atoms with E-state index in [1.54, 1.807) is 25.2 Å². The molecule has 0 atom stereocenters. The monoisotopic (exact) mass is 208 g/mol. The van der Waals surface area contributed by atoms with E-state index in [4.69, 9.17) is 9.47 Å². The highest BCUT2D eigenvalue weighted by atomic mass is 16.7. The van der Waals surface area contributed by atoms with Crippen molar-refractivity contribution < 1.29 is 19.0 Å². The molecule has 79 valence electrons. The second-order valence-corrected chi connectivity index (χ2v) is 3.01. The maximum Gasteiger partial charge on any atom is 0.414 e. The average molecular weight is 208 g/mol. The highest BCUT2D eigenvalue weighted by molar-refractivity contribution is 5.87. The summed E-state index contributed by atoms with van der Waals surface area (Å²) in [5, 5.41) is 0. The van der Waals surface area contributed by atoms with Crippen molar-refractivity contribution >= 4 is 11.8 Å². The van der Waals surface area contributed by atoms with Crippen molar-refractivity contribution in [2.24, 2.45) is 0 Å². The van der Waals surface area contributed by atoms with E-state index in [1.165, 1.54) is 4.90 Å². The fraction of sp³-hybridized carbons (Fsp3) is 0.200. The normalized spacial score (nSPS) is 12.4. The molecule has 1 radical (unpaired) electrons. The molecule has 0 aromatic heterocycles. The van der Waals surface area contributed by atoms with Gasteiger partial charge < -0.3 is 14.2 Å². The Kier molecular flexibility index (Phi) is 2.37. The zero-order valence-corrected chi connectivity index (χ0v) is 8.23.